The standard InChI is InChI=1S/C27H31F2N5O2S/c1-5-13-34(3)14-12-30-26(32-24-17(2)8-6-11-22(24)37-4)18-15-20(29)25(33-27(18)31-16-35)23-19(28)9-7-10-21(23)36/h6-11,15-16,36H,5,12-14H2,1-4H3,(H,30,32)(H,31,33,35). The molecule has 0 saturated heterocycles. The molecular formula is C27H31F2N5O2S. The molecule has 0 spiro atoms. The highest BCUT2D eigenvalue weighted by molar-refractivity contribution is 7.98. The van der Waals surface area contributed by atoms with E-state index in [1.807, 2.05) is 38.4 Å². The predicted octanol–water partition coefficient (Wildman–Crippen LogP) is 5.53. The van der Waals surface area contributed by atoms with Crippen molar-refractivity contribution in [1.82, 2.24) is 9.88 Å². The third-order valence-corrected chi connectivity index (χ3v) is 6.49. The molecule has 3 aromatic rings. The zero-order chi connectivity index (χ0) is 26.9. The van der Waals surface area contributed by atoms with E-state index >= 15 is 4.39 Å². The molecular weight excluding hydrogens is 496 g/mol. The highest BCUT2D eigenvalue weighted by Crippen LogP contribution is 2.35. The van der Waals surface area contributed by atoms with Gasteiger partial charge in [0.15, 0.2) is 5.82 Å². The van der Waals surface area contributed by atoms with Crippen LogP contribution in [0.4, 0.5) is 20.3 Å². The minimum absolute atomic E-state index is 0.0264. The van der Waals surface area contributed by atoms with Gasteiger partial charge in [0, 0.05) is 11.4 Å². The molecule has 1 aromatic heterocycles. The van der Waals surface area contributed by atoms with Gasteiger partial charge in [-0.05, 0) is 63.0 Å². The number of nitrogens with zero attached hydrogens (tertiary/aromatic N) is 3. The minimum Gasteiger partial charge on any atom is -0.507 e. The average molecular weight is 528 g/mol. The Balaban J connectivity index is 2.15. The molecule has 3 rings (SSSR count). The van der Waals surface area contributed by atoms with E-state index in [9.17, 15) is 14.3 Å². The molecule has 10 heteroatoms. The van der Waals surface area contributed by atoms with Gasteiger partial charge in [-0.15, -0.1) is 11.8 Å². The molecule has 0 aliphatic heterocycles. The van der Waals surface area contributed by atoms with Crippen LogP contribution in [0.5, 0.6) is 5.75 Å². The summed E-state index contributed by atoms with van der Waals surface area (Å²) in [5, 5.41) is 16.0. The zero-order valence-electron chi connectivity index (χ0n) is 21.3. The first-order chi connectivity index (χ1) is 17.8. The molecule has 0 fully saturated rings. The van der Waals surface area contributed by atoms with Crippen LogP contribution >= 0.6 is 11.8 Å². The van der Waals surface area contributed by atoms with Gasteiger partial charge in [-0.3, -0.25) is 9.79 Å². The maximum Gasteiger partial charge on any atom is 0.212 e. The number of aromatic nitrogens is 1. The monoisotopic (exact) mass is 527 g/mol. The number of anilines is 2. The highest BCUT2D eigenvalue weighted by Gasteiger charge is 2.22. The average Bonchev–Trinajstić information content (AvgIpc) is 2.86. The van der Waals surface area contributed by atoms with Crippen molar-refractivity contribution in [3.05, 3.63) is 65.2 Å². The molecule has 3 N–H and O–H groups in total. The Labute approximate surface area is 220 Å². The van der Waals surface area contributed by atoms with Gasteiger partial charge in [0.1, 0.15) is 28.9 Å². The third kappa shape index (κ3) is 6.84. The Bertz CT molecular complexity index is 1270. The van der Waals surface area contributed by atoms with Crippen molar-refractivity contribution >= 4 is 35.5 Å². The van der Waals surface area contributed by atoms with Crippen molar-refractivity contribution in [1.29, 1.82) is 0 Å². The van der Waals surface area contributed by atoms with Crippen LogP contribution in [0.15, 0.2) is 52.4 Å². The van der Waals surface area contributed by atoms with Crippen LogP contribution in [0.25, 0.3) is 11.3 Å². The van der Waals surface area contributed by atoms with Gasteiger partial charge in [0.25, 0.3) is 0 Å². The van der Waals surface area contributed by atoms with Crippen LogP contribution in [0.2, 0.25) is 0 Å². The fourth-order valence-electron chi connectivity index (χ4n) is 3.87. The quantitative estimate of drug-likeness (QED) is 0.131. The smallest absolute Gasteiger partial charge is 0.212 e. The van der Waals surface area contributed by atoms with Crippen LogP contribution in [-0.4, -0.2) is 60.2 Å². The van der Waals surface area contributed by atoms with Crippen molar-refractivity contribution in [2.45, 2.75) is 25.2 Å². The van der Waals surface area contributed by atoms with Crippen LogP contribution in [0, 0.1) is 18.6 Å². The summed E-state index contributed by atoms with van der Waals surface area (Å²) in [5.41, 5.74) is 1.12. The Kier molecular flexibility index (Phi) is 9.99. The lowest BCUT2D eigenvalue weighted by molar-refractivity contribution is -0.105. The molecule has 1 heterocycles. The number of aromatic hydroxyl groups is 1. The van der Waals surface area contributed by atoms with E-state index in [0.29, 0.717) is 25.3 Å². The second-order valence-corrected chi connectivity index (χ2v) is 9.27. The molecule has 1 amide bonds. The minimum atomic E-state index is -0.876. The number of nitrogens with one attached hydrogen (secondary N) is 2. The Morgan fingerprint density at radius 1 is 1.19 bits per heavy atom. The van der Waals surface area contributed by atoms with Gasteiger partial charge >= 0.3 is 0 Å². The number of carbonyl (C=O) groups is 1. The molecule has 0 aliphatic rings. The SMILES string of the molecule is CCCN(C)CCN=C(Nc1c(C)cccc1SC)c1cc(F)c(-c2c(O)cccc2F)nc1NC=O. The van der Waals surface area contributed by atoms with E-state index in [0.717, 1.165) is 41.2 Å². The molecule has 2 aromatic carbocycles. The van der Waals surface area contributed by atoms with Crippen molar-refractivity contribution < 1.29 is 18.7 Å². The van der Waals surface area contributed by atoms with Gasteiger partial charge < -0.3 is 20.6 Å². The van der Waals surface area contributed by atoms with Crippen LogP contribution < -0.4 is 10.6 Å². The maximum atomic E-state index is 15.4. The largest absolute Gasteiger partial charge is 0.507 e. The lowest BCUT2D eigenvalue weighted by Crippen LogP contribution is -2.24. The Morgan fingerprint density at radius 3 is 2.62 bits per heavy atom. The number of rotatable bonds is 11. The van der Waals surface area contributed by atoms with E-state index in [2.05, 4.69) is 27.4 Å². The number of carbonyl (C=O) groups excluding carboxylic acids is 1. The Morgan fingerprint density at radius 2 is 1.95 bits per heavy atom. The van der Waals surface area contributed by atoms with E-state index in [-0.39, 0.29) is 11.4 Å². The van der Waals surface area contributed by atoms with Crippen molar-refractivity contribution in [3.63, 3.8) is 0 Å². The van der Waals surface area contributed by atoms with E-state index in [1.165, 1.54) is 12.1 Å². The fourth-order valence-corrected chi connectivity index (χ4v) is 4.50. The number of amidine groups is 1. The number of benzene rings is 2. The summed E-state index contributed by atoms with van der Waals surface area (Å²) in [6, 6.07) is 10.6. The molecule has 0 radical (unpaired) electrons. The first kappa shape index (κ1) is 28.1. The number of aliphatic imine (C=N–C) groups is 1. The number of halogens is 2. The number of hydrogen-bond acceptors (Lipinski definition) is 6. The summed E-state index contributed by atoms with van der Waals surface area (Å²) in [6.45, 7) is 6.01. The zero-order valence-corrected chi connectivity index (χ0v) is 22.1. The normalized spacial score (nSPS) is 11.6. The van der Waals surface area contributed by atoms with Crippen molar-refractivity contribution in [2.75, 3.05) is 43.6 Å². The summed E-state index contributed by atoms with van der Waals surface area (Å²) in [7, 11) is 2.00. The van der Waals surface area contributed by atoms with Crippen LogP contribution in [0.3, 0.4) is 0 Å². The van der Waals surface area contributed by atoms with Crippen LogP contribution in [0.1, 0.15) is 24.5 Å². The molecule has 0 atom stereocenters. The molecule has 7 nitrogen and oxygen atoms in total. The number of phenols is 1. The van der Waals surface area contributed by atoms with Gasteiger partial charge in [-0.25, -0.2) is 13.8 Å². The Hall–Kier alpha value is -3.50. The lowest BCUT2D eigenvalue weighted by Gasteiger charge is -2.19. The number of thioether (sulfide) groups is 1. The van der Waals surface area contributed by atoms with Crippen molar-refractivity contribution in [3.8, 4) is 17.0 Å². The number of pyridine rings is 1. The number of likely N-dealkylation sites (N-methyl/N-ethyl adjacent to an activating group) is 1. The third-order valence-electron chi connectivity index (χ3n) is 5.71. The lowest BCUT2D eigenvalue weighted by atomic mass is 10.1. The van der Waals surface area contributed by atoms with Gasteiger partial charge in [-0.1, -0.05) is 25.1 Å². The number of hydrogen-bond donors (Lipinski definition) is 3. The summed E-state index contributed by atoms with van der Waals surface area (Å²) < 4.78 is 30.0. The number of amides is 1. The molecule has 0 aliphatic carbocycles. The van der Waals surface area contributed by atoms with Crippen LogP contribution in [-0.2, 0) is 4.79 Å². The first-order valence-corrected chi connectivity index (χ1v) is 13.1. The van der Waals surface area contributed by atoms with Gasteiger partial charge in [0.2, 0.25) is 6.41 Å². The maximum absolute atomic E-state index is 15.4. The summed E-state index contributed by atoms with van der Waals surface area (Å²) in [6.07, 6.45) is 3.35. The fraction of sp³-hybridized carbons (Fsp3) is 0.296. The summed E-state index contributed by atoms with van der Waals surface area (Å²) in [4.78, 5) is 23.5. The number of aryl methyl sites for hydroxylation is 1. The predicted molar refractivity (Wildman–Crippen MR) is 147 cm³/mol. The van der Waals surface area contributed by atoms with Gasteiger partial charge in [0.05, 0.1) is 23.4 Å². The molecule has 0 saturated carbocycles. The second kappa shape index (κ2) is 13.2. The molecule has 0 bridgehead atoms. The second-order valence-electron chi connectivity index (χ2n) is 8.42. The van der Waals surface area contributed by atoms with Gasteiger partial charge in [-0.2, -0.15) is 0 Å². The van der Waals surface area contributed by atoms with E-state index in [4.69, 9.17) is 4.99 Å². The molecule has 196 valence electrons. The summed E-state index contributed by atoms with van der Waals surface area (Å²) >= 11 is 1.55. The number of phenolic OH excluding ortho intramolecular Hbond substituents is 1. The first-order valence-electron chi connectivity index (χ1n) is 11.8. The molecule has 0 unspecified atom stereocenters. The highest BCUT2D eigenvalue weighted by atomic mass is 32.2. The van der Waals surface area contributed by atoms with Crippen molar-refractivity contribution in [2.24, 2.45) is 4.99 Å². The summed E-state index contributed by atoms with van der Waals surface area (Å²) in [5.74, 6) is -1.91. The molecule has 37 heavy (non-hydrogen) atoms. The van der Waals surface area contributed by atoms with E-state index < -0.39 is 28.6 Å². The van der Waals surface area contributed by atoms with E-state index in [1.54, 1.807) is 11.8 Å². The number of para-hydroxylation sites is 1. The topological polar surface area (TPSA) is 89.8 Å².